The zero-order valence-electron chi connectivity index (χ0n) is 12.6. The molecule has 5 nitrogen and oxygen atoms in total. The summed E-state index contributed by atoms with van der Waals surface area (Å²) in [6.45, 7) is 1.74. The van der Waals surface area contributed by atoms with Crippen LogP contribution in [-0.4, -0.2) is 18.9 Å². The highest BCUT2D eigenvalue weighted by atomic mass is 16.5. The number of carbonyl (C=O) groups excluding carboxylic acids is 2. The van der Waals surface area contributed by atoms with E-state index in [4.69, 9.17) is 4.74 Å². The normalized spacial score (nSPS) is 9.91. The van der Waals surface area contributed by atoms with Gasteiger partial charge in [-0.05, 0) is 36.4 Å². The Labute approximate surface area is 129 Å². The summed E-state index contributed by atoms with van der Waals surface area (Å²) in [6, 6.07) is 15.7. The molecule has 5 heteroatoms. The summed E-state index contributed by atoms with van der Waals surface area (Å²) in [5.74, 6) is 0.148. The molecule has 0 fully saturated rings. The van der Waals surface area contributed by atoms with Crippen molar-refractivity contribution in [1.82, 2.24) is 5.43 Å². The summed E-state index contributed by atoms with van der Waals surface area (Å²) in [6.07, 6.45) is 0.279. The number of amides is 2. The quantitative estimate of drug-likeness (QED) is 0.883. The summed E-state index contributed by atoms with van der Waals surface area (Å²) in [5.41, 5.74) is 3.71. The molecule has 0 saturated carbocycles. The van der Waals surface area contributed by atoms with Crippen molar-refractivity contribution in [3.05, 3.63) is 60.2 Å². The first-order valence-electron chi connectivity index (χ1n) is 6.98. The first-order valence-corrected chi connectivity index (χ1v) is 6.98. The van der Waals surface area contributed by atoms with Crippen LogP contribution in [0.25, 0.3) is 0 Å². The predicted molar refractivity (Wildman–Crippen MR) is 84.7 cm³/mol. The lowest BCUT2D eigenvalue weighted by Gasteiger charge is -2.23. The van der Waals surface area contributed by atoms with Crippen LogP contribution in [0.3, 0.4) is 0 Å². The fourth-order valence-corrected chi connectivity index (χ4v) is 1.92. The van der Waals surface area contributed by atoms with Crippen molar-refractivity contribution in [3.63, 3.8) is 0 Å². The monoisotopic (exact) mass is 298 g/mol. The molecule has 0 aliphatic carbocycles. The van der Waals surface area contributed by atoms with Crippen LogP contribution in [0.2, 0.25) is 0 Å². The number of anilines is 1. The predicted octanol–water partition coefficient (Wildman–Crippen LogP) is 2.78. The van der Waals surface area contributed by atoms with E-state index in [1.165, 1.54) is 5.01 Å². The molecule has 0 aliphatic heterocycles. The number of rotatable bonds is 4. The van der Waals surface area contributed by atoms with Crippen molar-refractivity contribution < 1.29 is 14.3 Å². The minimum absolute atomic E-state index is 0.200. The summed E-state index contributed by atoms with van der Waals surface area (Å²) in [7, 11) is 1.57. The first-order chi connectivity index (χ1) is 10.7. The SMILES string of the molecule is CCC(=O)N(NC(=O)c1ccccc1)c1ccc(OC)cc1. The van der Waals surface area contributed by atoms with Crippen molar-refractivity contribution in [2.45, 2.75) is 13.3 Å². The maximum Gasteiger partial charge on any atom is 0.270 e. The van der Waals surface area contributed by atoms with Gasteiger partial charge < -0.3 is 4.74 Å². The molecule has 2 amide bonds. The Morgan fingerprint density at radius 2 is 1.68 bits per heavy atom. The maximum absolute atomic E-state index is 12.2. The van der Waals surface area contributed by atoms with Gasteiger partial charge in [-0.25, -0.2) is 5.01 Å². The molecule has 0 aromatic heterocycles. The topological polar surface area (TPSA) is 58.6 Å². The van der Waals surface area contributed by atoms with Crippen LogP contribution in [0, 0.1) is 0 Å². The van der Waals surface area contributed by atoms with Gasteiger partial charge in [-0.15, -0.1) is 0 Å². The lowest BCUT2D eigenvalue weighted by Crippen LogP contribution is -2.46. The third kappa shape index (κ3) is 3.63. The van der Waals surface area contributed by atoms with E-state index in [2.05, 4.69) is 5.43 Å². The van der Waals surface area contributed by atoms with Crippen LogP contribution in [0.1, 0.15) is 23.7 Å². The molecule has 114 valence electrons. The van der Waals surface area contributed by atoms with Gasteiger partial charge in [-0.3, -0.25) is 15.0 Å². The van der Waals surface area contributed by atoms with Gasteiger partial charge in [0.15, 0.2) is 0 Å². The van der Waals surface area contributed by atoms with Gasteiger partial charge in [0.1, 0.15) is 5.75 Å². The highest BCUT2D eigenvalue weighted by Gasteiger charge is 2.17. The van der Waals surface area contributed by atoms with Crippen molar-refractivity contribution in [3.8, 4) is 5.75 Å². The van der Waals surface area contributed by atoms with Gasteiger partial charge >= 0.3 is 0 Å². The van der Waals surface area contributed by atoms with Crippen molar-refractivity contribution >= 4 is 17.5 Å². The second-order valence-corrected chi connectivity index (χ2v) is 4.59. The Morgan fingerprint density at radius 3 is 2.23 bits per heavy atom. The van der Waals surface area contributed by atoms with Gasteiger partial charge in [-0.1, -0.05) is 25.1 Å². The fourth-order valence-electron chi connectivity index (χ4n) is 1.92. The second-order valence-electron chi connectivity index (χ2n) is 4.59. The molecule has 0 radical (unpaired) electrons. The maximum atomic E-state index is 12.2. The van der Waals surface area contributed by atoms with Gasteiger partial charge in [0.25, 0.3) is 5.91 Å². The van der Waals surface area contributed by atoms with Crippen LogP contribution < -0.4 is 15.2 Å². The smallest absolute Gasteiger partial charge is 0.270 e. The van der Waals surface area contributed by atoms with Crippen LogP contribution in [-0.2, 0) is 4.79 Å². The minimum Gasteiger partial charge on any atom is -0.497 e. The Hall–Kier alpha value is -2.82. The van der Waals surface area contributed by atoms with Crippen molar-refractivity contribution in [1.29, 1.82) is 0 Å². The van der Waals surface area contributed by atoms with E-state index in [9.17, 15) is 9.59 Å². The highest BCUT2D eigenvalue weighted by Crippen LogP contribution is 2.19. The number of methoxy groups -OCH3 is 1. The lowest BCUT2D eigenvalue weighted by atomic mass is 10.2. The summed E-state index contributed by atoms with van der Waals surface area (Å²) >= 11 is 0. The molecule has 0 spiro atoms. The standard InChI is InChI=1S/C17H18N2O3/c1-3-16(20)19(14-9-11-15(22-2)12-10-14)18-17(21)13-7-5-4-6-8-13/h4-12H,3H2,1-2H3,(H,18,21). The third-order valence-electron chi connectivity index (χ3n) is 3.13. The molecule has 0 atom stereocenters. The van der Waals surface area contributed by atoms with Crippen molar-refractivity contribution in [2.75, 3.05) is 12.1 Å². The second kappa shape index (κ2) is 7.26. The average molecular weight is 298 g/mol. The minimum atomic E-state index is -0.335. The molecule has 0 heterocycles. The highest BCUT2D eigenvalue weighted by molar-refractivity contribution is 6.01. The van der Waals surface area contributed by atoms with Gasteiger partial charge in [0, 0.05) is 12.0 Å². The van der Waals surface area contributed by atoms with Gasteiger partial charge in [0.2, 0.25) is 5.91 Å². The number of nitrogens with one attached hydrogen (secondary N) is 1. The number of nitrogens with zero attached hydrogens (tertiary/aromatic N) is 1. The molecule has 0 saturated heterocycles. The molecule has 2 rings (SSSR count). The first kappa shape index (κ1) is 15.6. The van der Waals surface area contributed by atoms with Gasteiger partial charge in [-0.2, -0.15) is 0 Å². The Kier molecular flexibility index (Phi) is 5.14. The van der Waals surface area contributed by atoms with E-state index < -0.39 is 0 Å². The average Bonchev–Trinajstić information content (AvgIpc) is 2.59. The molecule has 1 N–H and O–H groups in total. The summed E-state index contributed by atoms with van der Waals surface area (Å²) < 4.78 is 5.10. The van der Waals surface area contributed by atoms with E-state index in [0.29, 0.717) is 17.0 Å². The zero-order valence-corrected chi connectivity index (χ0v) is 12.6. The number of ether oxygens (including phenoxy) is 1. The number of hydrogen-bond acceptors (Lipinski definition) is 3. The van der Waals surface area contributed by atoms with E-state index in [0.717, 1.165) is 0 Å². The molecule has 22 heavy (non-hydrogen) atoms. The van der Waals surface area contributed by atoms with Crippen molar-refractivity contribution in [2.24, 2.45) is 0 Å². The number of benzene rings is 2. The molecule has 0 bridgehead atoms. The number of hydrogen-bond donors (Lipinski definition) is 1. The number of carbonyl (C=O) groups is 2. The summed E-state index contributed by atoms with van der Waals surface area (Å²) in [4.78, 5) is 24.4. The fraction of sp³-hybridized carbons (Fsp3) is 0.176. The van der Waals surface area contributed by atoms with E-state index >= 15 is 0 Å². The largest absolute Gasteiger partial charge is 0.497 e. The Bertz CT molecular complexity index is 639. The Morgan fingerprint density at radius 1 is 1.05 bits per heavy atom. The van der Waals surface area contributed by atoms with E-state index in [1.807, 2.05) is 6.07 Å². The molecule has 2 aromatic carbocycles. The zero-order chi connectivity index (χ0) is 15.9. The molecular formula is C17H18N2O3. The van der Waals surface area contributed by atoms with Crippen LogP contribution in [0.5, 0.6) is 5.75 Å². The molecule has 0 unspecified atom stereocenters. The third-order valence-corrected chi connectivity index (χ3v) is 3.13. The van der Waals surface area contributed by atoms with E-state index in [-0.39, 0.29) is 18.2 Å². The molecule has 0 aliphatic rings. The summed E-state index contributed by atoms with van der Waals surface area (Å²) in [5, 5.41) is 1.26. The van der Waals surface area contributed by atoms with E-state index in [1.54, 1.807) is 62.6 Å². The molecular weight excluding hydrogens is 280 g/mol. The molecule has 2 aromatic rings. The van der Waals surface area contributed by atoms with Crippen LogP contribution in [0.15, 0.2) is 54.6 Å². The lowest BCUT2D eigenvalue weighted by molar-refractivity contribution is -0.118. The number of hydrazine groups is 1. The van der Waals surface area contributed by atoms with Crippen LogP contribution >= 0.6 is 0 Å². The van der Waals surface area contributed by atoms with Crippen LogP contribution in [0.4, 0.5) is 5.69 Å². The van der Waals surface area contributed by atoms with Gasteiger partial charge in [0.05, 0.1) is 12.8 Å². The Balaban J connectivity index is 2.22.